The Morgan fingerprint density at radius 3 is 2.32 bits per heavy atom. The third kappa shape index (κ3) is 5.04. The van der Waals surface area contributed by atoms with Gasteiger partial charge in [-0.2, -0.15) is 0 Å². The van der Waals surface area contributed by atoms with Crippen molar-refractivity contribution in [1.82, 2.24) is 10.3 Å². The van der Waals surface area contributed by atoms with Crippen molar-refractivity contribution in [3.05, 3.63) is 58.8 Å². The molecule has 0 bridgehead atoms. The van der Waals surface area contributed by atoms with Gasteiger partial charge in [0.1, 0.15) is 6.04 Å². The molecule has 0 spiro atoms. The lowest BCUT2D eigenvalue weighted by Crippen LogP contribution is -2.43. The maximum atomic E-state index is 12.5. The topological polar surface area (TPSA) is 77.5 Å². The largest absolute Gasteiger partial charge is 0.481 e. The lowest BCUT2D eigenvalue weighted by Gasteiger charge is -2.17. The zero-order valence-corrected chi connectivity index (χ0v) is 14.8. The summed E-state index contributed by atoms with van der Waals surface area (Å²) in [4.78, 5) is 28.7. The Hall–Kier alpha value is -2.89. The number of methoxy groups -OCH3 is 2. The summed E-state index contributed by atoms with van der Waals surface area (Å²) >= 11 is 0. The average molecular weight is 342 g/mol. The van der Waals surface area contributed by atoms with E-state index in [9.17, 15) is 9.59 Å². The SMILES string of the molecule is COC(=O)[C@@H](Cc1ccc(OC)nc1)NC(=O)c1cc(C)cc(C)c1. The molecular weight excluding hydrogens is 320 g/mol. The van der Waals surface area contributed by atoms with E-state index in [1.807, 2.05) is 19.9 Å². The van der Waals surface area contributed by atoms with Crippen molar-refractivity contribution in [1.29, 1.82) is 0 Å². The van der Waals surface area contributed by atoms with E-state index >= 15 is 0 Å². The minimum Gasteiger partial charge on any atom is -0.481 e. The number of hydrogen-bond acceptors (Lipinski definition) is 5. The fraction of sp³-hybridized carbons (Fsp3) is 0.316. The van der Waals surface area contributed by atoms with Crippen LogP contribution in [0.5, 0.6) is 5.88 Å². The molecule has 0 saturated heterocycles. The van der Waals surface area contributed by atoms with Crippen molar-refractivity contribution < 1.29 is 19.1 Å². The summed E-state index contributed by atoms with van der Waals surface area (Å²) in [6.45, 7) is 3.84. The van der Waals surface area contributed by atoms with Gasteiger partial charge in [0.2, 0.25) is 5.88 Å². The van der Waals surface area contributed by atoms with Crippen LogP contribution in [0.15, 0.2) is 36.5 Å². The number of rotatable bonds is 6. The third-order valence-corrected chi connectivity index (χ3v) is 3.72. The second kappa shape index (κ2) is 8.28. The predicted octanol–water partition coefficient (Wildman–Crippen LogP) is 2.22. The number of carbonyl (C=O) groups excluding carboxylic acids is 2. The summed E-state index contributed by atoms with van der Waals surface area (Å²) in [7, 11) is 2.83. The number of pyridine rings is 1. The van der Waals surface area contributed by atoms with Gasteiger partial charge in [-0.25, -0.2) is 9.78 Å². The van der Waals surface area contributed by atoms with Crippen molar-refractivity contribution in [3.63, 3.8) is 0 Å². The minimum absolute atomic E-state index is 0.278. The van der Waals surface area contributed by atoms with Gasteiger partial charge in [0.05, 0.1) is 14.2 Å². The summed E-state index contributed by atoms with van der Waals surface area (Å²) in [5, 5.41) is 2.74. The van der Waals surface area contributed by atoms with Crippen LogP contribution in [0.1, 0.15) is 27.0 Å². The van der Waals surface area contributed by atoms with Crippen LogP contribution < -0.4 is 10.1 Å². The fourth-order valence-electron chi connectivity index (χ4n) is 2.57. The molecule has 0 aliphatic heterocycles. The van der Waals surface area contributed by atoms with Gasteiger partial charge in [0.15, 0.2) is 0 Å². The predicted molar refractivity (Wildman–Crippen MR) is 93.7 cm³/mol. The molecule has 0 radical (unpaired) electrons. The number of amides is 1. The number of ether oxygens (including phenoxy) is 2. The minimum atomic E-state index is -0.798. The zero-order chi connectivity index (χ0) is 18.4. The van der Waals surface area contributed by atoms with Crippen molar-refractivity contribution in [2.45, 2.75) is 26.3 Å². The first-order chi connectivity index (χ1) is 11.9. The molecule has 0 unspecified atom stereocenters. The van der Waals surface area contributed by atoms with Gasteiger partial charge in [-0.3, -0.25) is 4.79 Å². The molecule has 6 nitrogen and oxygen atoms in total. The van der Waals surface area contributed by atoms with Gasteiger partial charge in [-0.05, 0) is 31.5 Å². The first kappa shape index (κ1) is 18.4. The molecule has 0 saturated carbocycles. The molecule has 1 atom stereocenters. The van der Waals surface area contributed by atoms with Crippen LogP contribution in [0.4, 0.5) is 0 Å². The van der Waals surface area contributed by atoms with Gasteiger partial charge in [0.25, 0.3) is 5.91 Å². The van der Waals surface area contributed by atoms with E-state index in [4.69, 9.17) is 9.47 Å². The molecule has 0 aliphatic carbocycles. The standard InChI is InChI=1S/C19H22N2O4/c1-12-7-13(2)9-15(8-12)18(22)21-16(19(23)25-4)10-14-5-6-17(24-3)20-11-14/h5-9,11,16H,10H2,1-4H3,(H,21,22)/t16-/m1/s1. The Kier molecular flexibility index (Phi) is 6.11. The number of nitrogens with one attached hydrogen (secondary N) is 1. The van der Waals surface area contributed by atoms with E-state index < -0.39 is 12.0 Å². The molecule has 132 valence electrons. The van der Waals surface area contributed by atoms with Gasteiger partial charge in [-0.1, -0.05) is 23.3 Å². The summed E-state index contributed by atoms with van der Waals surface area (Å²) in [6, 6.07) is 8.25. The second-order valence-corrected chi connectivity index (χ2v) is 5.84. The van der Waals surface area contributed by atoms with Crippen LogP contribution >= 0.6 is 0 Å². The average Bonchev–Trinajstić information content (AvgIpc) is 2.60. The molecule has 1 amide bonds. The van der Waals surface area contributed by atoms with Crippen molar-refractivity contribution in [2.75, 3.05) is 14.2 Å². The summed E-state index contributed by atoms with van der Waals surface area (Å²) < 4.78 is 9.83. The highest BCUT2D eigenvalue weighted by Crippen LogP contribution is 2.12. The molecule has 1 heterocycles. The van der Waals surface area contributed by atoms with Crippen LogP contribution in [-0.4, -0.2) is 37.1 Å². The van der Waals surface area contributed by atoms with Crippen molar-refractivity contribution >= 4 is 11.9 Å². The van der Waals surface area contributed by atoms with Crippen LogP contribution in [0, 0.1) is 13.8 Å². The first-order valence-electron chi connectivity index (χ1n) is 7.89. The third-order valence-electron chi connectivity index (χ3n) is 3.72. The van der Waals surface area contributed by atoms with E-state index in [0.717, 1.165) is 16.7 Å². The number of carbonyl (C=O) groups is 2. The highest BCUT2D eigenvalue weighted by molar-refractivity contribution is 5.97. The van der Waals surface area contributed by atoms with Crippen molar-refractivity contribution in [3.8, 4) is 5.88 Å². The number of aryl methyl sites for hydroxylation is 2. The van der Waals surface area contributed by atoms with Crippen LogP contribution in [-0.2, 0) is 16.0 Å². The monoisotopic (exact) mass is 342 g/mol. The highest BCUT2D eigenvalue weighted by Gasteiger charge is 2.23. The molecule has 0 fully saturated rings. The highest BCUT2D eigenvalue weighted by atomic mass is 16.5. The van der Waals surface area contributed by atoms with Gasteiger partial charge in [-0.15, -0.1) is 0 Å². The molecule has 2 aromatic rings. The van der Waals surface area contributed by atoms with Gasteiger partial charge in [0, 0.05) is 24.2 Å². The van der Waals surface area contributed by atoms with Crippen LogP contribution in [0.3, 0.4) is 0 Å². The maximum absolute atomic E-state index is 12.5. The molecular formula is C19H22N2O4. The number of hydrogen-bond donors (Lipinski definition) is 1. The molecule has 1 aromatic heterocycles. The number of aromatic nitrogens is 1. The fourth-order valence-corrected chi connectivity index (χ4v) is 2.57. The molecule has 2 rings (SSSR count). The smallest absolute Gasteiger partial charge is 0.328 e. The second-order valence-electron chi connectivity index (χ2n) is 5.84. The van der Waals surface area contributed by atoms with Gasteiger partial charge >= 0.3 is 5.97 Å². The van der Waals surface area contributed by atoms with E-state index in [-0.39, 0.29) is 12.3 Å². The molecule has 1 aromatic carbocycles. The Balaban J connectivity index is 2.16. The zero-order valence-electron chi connectivity index (χ0n) is 14.8. The molecule has 1 N–H and O–H groups in total. The quantitative estimate of drug-likeness (QED) is 0.815. The van der Waals surface area contributed by atoms with Gasteiger partial charge < -0.3 is 14.8 Å². The maximum Gasteiger partial charge on any atom is 0.328 e. The van der Waals surface area contributed by atoms with Crippen molar-refractivity contribution in [2.24, 2.45) is 0 Å². The first-order valence-corrected chi connectivity index (χ1v) is 7.89. The Morgan fingerprint density at radius 1 is 1.12 bits per heavy atom. The number of benzene rings is 1. The summed E-state index contributed by atoms with van der Waals surface area (Å²) in [5.74, 6) is -0.338. The van der Waals surface area contributed by atoms with E-state index in [1.54, 1.807) is 30.5 Å². The number of esters is 1. The van der Waals surface area contributed by atoms with E-state index in [2.05, 4.69) is 10.3 Å². The summed E-state index contributed by atoms with van der Waals surface area (Å²) in [6.07, 6.45) is 1.89. The lowest BCUT2D eigenvalue weighted by molar-refractivity contribution is -0.142. The Morgan fingerprint density at radius 2 is 1.80 bits per heavy atom. The lowest BCUT2D eigenvalue weighted by atomic mass is 10.0. The normalized spacial score (nSPS) is 11.5. The molecule has 25 heavy (non-hydrogen) atoms. The molecule has 0 aliphatic rings. The van der Waals surface area contributed by atoms with E-state index in [1.165, 1.54) is 14.2 Å². The van der Waals surface area contributed by atoms with Crippen LogP contribution in [0.2, 0.25) is 0 Å². The molecule has 6 heteroatoms. The Labute approximate surface area is 147 Å². The summed E-state index contributed by atoms with van der Waals surface area (Å²) in [5.41, 5.74) is 3.27. The van der Waals surface area contributed by atoms with Crippen LogP contribution in [0.25, 0.3) is 0 Å². The van der Waals surface area contributed by atoms with E-state index in [0.29, 0.717) is 11.4 Å². The number of nitrogens with zero attached hydrogens (tertiary/aromatic N) is 1. The Bertz CT molecular complexity index is 736.